The molecule has 1 aromatic rings. The van der Waals surface area contributed by atoms with E-state index in [1.165, 1.54) is 11.3 Å². The van der Waals surface area contributed by atoms with Crippen LogP contribution in [0.2, 0.25) is 0 Å². The molecule has 2 amide bonds. The van der Waals surface area contributed by atoms with Crippen LogP contribution < -0.4 is 10.6 Å². The third-order valence-electron chi connectivity index (χ3n) is 2.56. The first-order valence-corrected chi connectivity index (χ1v) is 7.06. The topological polar surface area (TPSA) is 91.3 Å². The number of nitrogens with one attached hydrogen (secondary N) is 2. The lowest BCUT2D eigenvalue weighted by atomic mass is 10.0. The summed E-state index contributed by atoms with van der Waals surface area (Å²) in [4.78, 5) is 26.6. The van der Waals surface area contributed by atoms with Gasteiger partial charge in [-0.15, -0.1) is 11.3 Å². The van der Waals surface area contributed by atoms with Gasteiger partial charge in [0.05, 0.1) is 12.5 Å². The minimum absolute atomic E-state index is 0.145. The third-order valence-corrected chi connectivity index (χ3v) is 3.53. The summed E-state index contributed by atoms with van der Waals surface area (Å²) in [5, 5.41) is 16.9. The summed E-state index contributed by atoms with van der Waals surface area (Å²) in [6.07, 6.45) is 1.33. The molecule has 0 aliphatic rings. The molecule has 0 fully saturated rings. The van der Waals surface area contributed by atoms with Gasteiger partial charge in [-0.2, -0.15) is 0 Å². The van der Waals surface area contributed by atoms with Gasteiger partial charge in [0.15, 0.2) is 0 Å². The molecule has 106 valence electrons. The summed E-state index contributed by atoms with van der Waals surface area (Å²) in [7, 11) is 0. The lowest BCUT2D eigenvalue weighted by Crippen LogP contribution is -2.39. The number of carboxylic acids is 1. The number of carboxylic acid groups (broad SMARTS) is 1. The molecule has 0 spiro atoms. The number of amides is 2. The highest BCUT2D eigenvalue weighted by molar-refractivity contribution is 7.09. The predicted octanol–water partition coefficient (Wildman–Crippen LogP) is 1.75. The Bertz CT molecular complexity index is 434. The molecule has 0 bridgehead atoms. The van der Waals surface area contributed by atoms with Crippen LogP contribution in [0.15, 0.2) is 5.38 Å². The molecule has 1 unspecified atom stereocenters. The van der Waals surface area contributed by atoms with Gasteiger partial charge in [0, 0.05) is 17.6 Å². The largest absolute Gasteiger partial charge is 0.481 e. The SMILES string of the molecule is CCCC(CNC(=O)NCc1nc(C)cs1)C(=O)O. The lowest BCUT2D eigenvalue weighted by molar-refractivity contribution is -0.141. The van der Waals surface area contributed by atoms with E-state index in [0.29, 0.717) is 13.0 Å². The molecule has 1 heterocycles. The van der Waals surface area contributed by atoms with E-state index in [1.807, 2.05) is 19.2 Å². The van der Waals surface area contributed by atoms with Crippen molar-refractivity contribution in [2.45, 2.75) is 33.2 Å². The number of aliphatic carboxylic acids is 1. The number of carbonyl (C=O) groups is 2. The molecule has 1 rings (SSSR count). The summed E-state index contributed by atoms with van der Waals surface area (Å²) in [5.41, 5.74) is 0.927. The minimum Gasteiger partial charge on any atom is -0.481 e. The number of aromatic nitrogens is 1. The zero-order valence-electron chi connectivity index (χ0n) is 11.1. The molecule has 19 heavy (non-hydrogen) atoms. The molecule has 0 aromatic carbocycles. The van der Waals surface area contributed by atoms with Crippen LogP contribution in [0.25, 0.3) is 0 Å². The fraction of sp³-hybridized carbons (Fsp3) is 0.583. The summed E-state index contributed by atoms with van der Waals surface area (Å²) in [5.74, 6) is -1.41. The molecule has 0 aliphatic heterocycles. The molecule has 0 saturated heterocycles. The summed E-state index contributed by atoms with van der Waals surface area (Å²) < 4.78 is 0. The Morgan fingerprint density at radius 3 is 2.74 bits per heavy atom. The molecule has 3 N–H and O–H groups in total. The van der Waals surface area contributed by atoms with Gasteiger partial charge in [-0.05, 0) is 13.3 Å². The summed E-state index contributed by atoms with van der Waals surface area (Å²) in [6.45, 7) is 4.31. The Kier molecular flexibility index (Phi) is 6.27. The molecule has 0 saturated carbocycles. The average Bonchev–Trinajstić information content (AvgIpc) is 2.77. The minimum atomic E-state index is -0.877. The van der Waals surface area contributed by atoms with Crippen molar-refractivity contribution in [3.8, 4) is 0 Å². The maximum Gasteiger partial charge on any atom is 0.315 e. The second-order valence-corrected chi connectivity index (χ2v) is 5.21. The number of rotatable bonds is 7. The Morgan fingerprint density at radius 1 is 1.47 bits per heavy atom. The number of aryl methyl sites for hydroxylation is 1. The van der Waals surface area contributed by atoms with Crippen LogP contribution in [0.3, 0.4) is 0 Å². The van der Waals surface area contributed by atoms with Crippen molar-refractivity contribution in [1.29, 1.82) is 0 Å². The van der Waals surface area contributed by atoms with Crippen molar-refractivity contribution in [2.75, 3.05) is 6.54 Å². The molecule has 1 atom stereocenters. The number of hydrogen-bond acceptors (Lipinski definition) is 4. The first-order chi connectivity index (χ1) is 9.02. The Hall–Kier alpha value is -1.63. The van der Waals surface area contributed by atoms with Crippen molar-refractivity contribution >= 4 is 23.3 Å². The van der Waals surface area contributed by atoms with E-state index >= 15 is 0 Å². The molecule has 0 aliphatic carbocycles. The normalized spacial score (nSPS) is 11.9. The molecule has 6 nitrogen and oxygen atoms in total. The van der Waals surface area contributed by atoms with Gasteiger partial charge >= 0.3 is 12.0 Å². The highest BCUT2D eigenvalue weighted by Crippen LogP contribution is 2.08. The zero-order chi connectivity index (χ0) is 14.3. The monoisotopic (exact) mass is 285 g/mol. The molecule has 1 aromatic heterocycles. The van der Waals surface area contributed by atoms with Crippen molar-refractivity contribution in [2.24, 2.45) is 5.92 Å². The van der Waals surface area contributed by atoms with Crippen LogP contribution >= 0.6 is 11.3 Å². The van der Waals surface area contributed by atoms with Crippen LogP contribution in [0.1, 0.15) is 30.5 Å². The van der Waals surface area contributed by atoms with Crippen molar-refractivity contribution in [3.05, 3.63) is 16.1 Å². The van der Waals surface area contributed by atoms with E-state index in [0.717, 1.165) is 17.1 Å². The zero-order valence-corrected chi connectivity index (χ0v) is 11.9. The number of thiazole rings is 1. The highest BCUT2D eigenvalue weighted by atomic mass is 32.1. The third kappa shape index (κ3) is 5.69. The van der Waals surface area contributed by atoms with Gasteiger partial charge in [-0.3, -0.25) is 4.79 Å². The van der Waals surface area contributed by atoms with E-state index in [4.69, 9.17) is 5.11 Å². The van der Waals surface area contributed by atoms with Gasteiger partial charge in [0.1, 0.15) is 5.01 Å². The van der Waals surface area contributed by atoms with E-state index in [-0.39, 0.29) is 12.6 Å². The molecular formula is C12H19N3O3S. The Morgan fingerprint density at radius 2 is 2.21 bits per heavy atom. The first kappa shape index (κ1) is 15.4. The molecule has 0 radical (unpaired) electrons. The Balaban J connectivity index is 2.28. The Labute approximate surface area is 116 Å². The number of nitrogens with zero attached hydrogens (tertiary/aromatic N) is 1. The fourth-order valence-corrected chi connectivity index (χ4v) is 2.29. The number of urea groups is 1. The second kappa shape index (κ2) is 7.73. The van der Waals surface area contributed by atoms with Crippen LogP contribution in [0.4, 0.5) is 4.79 Å². The van der Waals surface area contributed by atoms with Crippen molar-refractivity contribution < 1.29 is 14.7 Å². The van der Waals surface area contributed by atoms with E-state index in [1.54, 1.807) is 0 Å². The van der Waals surface area contributed by atoms with Gasteiger partial charge in [0.2, 0.25) is 0 Å². The second-order valence-electron chi connectivity index (χ2n) is 4.27. The van der Waals surface area contributed by atoms with Crippen LogP contribution in [0.5, 0.6) is 0 Å². The van der Waals surface area contributed by atoms with Crippen LogP contribution in [-0.2, 0) is 11.3 Å². The van der Waals surface area contributed by atoms with Crippen molar-refractivity contribution in [3.63, 3.8) is 0 Å². The maximum absolute atomic E-state index is 11.5. The van der Waals surface area contributed by atoms with Crippen LogP contribution in [-0.4, -0.2) is 28.6 Å². The highest BCUT2D eigenvalue weighted by Gasteiger charge is 2.17. The fourth-order valence-electron chi connectivity index (χ4n) is 1.58. The van der Waals surface area contributed by atoms with Gasteiger partial charge in [-0.25, -0.2) is 9.78 Å². The lowest BCUT2D eigenvalue weighted by Gasteiger charge is -2.12. The van der Waals surface area contributed by atoms with Gasteiger partial charge in [-0.1, -0.05) is 13.3 Å². The smallest absolute Gasteiger partial charge is 0.315 e. The molecular weight excluding hydrogens is 266 g/mol. The van der Waals surface area contributed by atoms with Gasteiger partial charge in [0.25, 0.3) is 0 Å². The summed E-state index contributed by atoms with van der Waals surface area (Å²) >= 11 is 1.48. The average molecular weight is 285 g/mol. The standard InChI is InChI=1S/C12H19N3O3S/c1-3-4-9(11(16)17)5-13-12(18)14-6-10-15-8(2)7-19-10/h7,9H,3-6H2,1-2H3,(H,16,17)(H2,13,14,18). The van der Waals surface area contributed by atoms with E-state index in [9.17, 15) is 9.59 Å². The maximum atomic E-state index is 11.5. The number of hydrogen-bond donors (Lipinski definition) is 3. The summed E-state index contributed by atoms with van der Waals surface area (Å²) in [6, 6.07) is -0.366. The predicted molar refractivity (Wildman–Crippen MR) is 73.1 cm³/mol. The van der Waals surface area contributed by atoms with E-state index < -0.39 is 11.9 Å². The van der Waals surface area contributed by atoms with Crippen molar-refractivity contribution in [1.82, 2.24) is 15.6 Å². The van der Waals surface area contributed by atoms with Crippen LogP contribution in [0, 0.1) is 12.8 Å². The quantitative estimate of drug-likeness (QED) is 0.711. The molecule has 7 heteroatoms. The number of carbonyl (C=O) groups excluding carboxylic acids is 1. The first-order valence-electron chi connectivity index (χ1n) is 6.18. The van der Waals surface area contributed by atoms with Gasteiger partial charge < -0.3 is 15.7 Å². The van der Waals surface area contributed by atoms with E-state index in [2.05, 4.69) is 15.6 Å².